The van der Waals surface area contributed by atoms with Crippen molar-refractivity contribution in [2.75, 3.05) is 26.9 Å². The molecule has 0 fully saturated rings. The minimum atomic E-state index is -1.21. The molecule has 1 N–H and O–H groups in total. The molecule has 0 radical (unpaired) electrons. The molecule has 0 saturated carbocycles. The Hall–Kier alpha value is -2.80. The molecule has 150 valence electrons. The Bertz CT molecular complexity index is 933. The molecule has 2 aromatic rings. The van der Waals surface area contributed by atoms with Crippen LogP contribution in [-0.2, 0) is 11.2 Å². The number of ether oxygens (including phenoxy) is 3. The molecule has 28 heavy (non-hydrogen) atoms. The highest BCUT2D eigenvalue weighted by Gasteiger charge is 2.26. The normalized spacial score (nSPS) is 14.9. The topological polar surface area (TPSA) is 87.0 Å². The zero-order valence-corrected chi connectivity index (χ0v) is 16.4. The van der Waals surface area contributed by atoms with Crippen molar-refractivity contribution >= 4 is 5.97 Å². The van der Waals surface area contributed by atoms with E-state index >= 15 is 0 Å². The van der Waals surface area contributed by atoms with E-state index in [1.165, 1.54) is 12.3 Å². The number of aromatic carboxylic acids is 1. The monoisotopic (exact) mass is 387 g/mol. The first-order chi connectivity index (χ1) is 13.5. The minimum absolute atomic E-state index is 0.0610. The first-order valence-corrected chi connectivity index (χ1v) is 9.41. The van der Waals surface area contributed by atoms with E-state index in [0.29, 0.717) is 43.4 Å². The number of benzene rings is 1. The number of hydrogen-bond acceptors (Lipinski definition) is 5. The Kier molecular flexibility index (Phi) is 6.04. The summed E-state index contributed by atoms with van der Waals surface area (Å²) in [6.45, 7) is 5.51. The molecule has 0 amide bonds. The summed E-state index contributed by atoms with van der Waals surface area (Å²) in [5.41, 5.74) is 1.88. The number of nitrogens with zero attached hydrogens (tertiary/aromatic N) is 1. The number of methoxy groups -OCH3 is 1. The maximum absolute atomic E-state index is 12.3. The van der Waals surface area contributed by atoms with Crippen molar-refractivity contribution in [2.45, 2.75) is 32.7 Å². The highest BCUT2D eigenvalue weighted by Crippen LogP contribution is 2.41. The van der Waals surface area contributed by atoms with Gasteiger partial charge in [-0.1, -0.05) is 6.92 Å². The van der Waals surface area contributed by atoms with Crippen molar-refractivity contribution in [3.8, 4) is 22.8 Å². The van der Waals surface area contributed by atoms with E-state index in [9.17, 15) is 14.7 Å². The predicted octanol–water partition coefficient (Wildman–Crippen LogP) is 3.14. The molecule has 2 heterocycles. The van der Waals surface area contributed by atoms with E-state index in [1.807, 2.05) is 30.5 Å². The van der Waals surface area contributed by atoms with Gasteiger partial charge in [-0.3, -0.25) is 4.79 Å². The molecule has 0 spiro atoms. The smallest absolute Gasteiger partial charge is 0.341 e. The highest BCUT2D eigenvalue weighted by molar-refractivity contribution is 5.87. The third-order valence-electron chi connectivity index (χ3n) is 4.99. The number of fused-ring (bicyclic) bond motifs is 3. The van der Waals surface area contributed by atoms with Crippen molar-refractivity contribution in [1.29, 1.82) is 0 Å². The molecule has 1 aromatic carbocycles. The first-order valence-electron chi connectivity index (χ1n) is 9.41. The fourth-order valence-electron chi connectivity index (χ4n) is 3.56. The summed E-state index contributed by atoms with van der Waals surface area (Å²) < 4.78 is 18.5. The fraction of sp³-hybridized carbons (Fsp3) is 0.429. The van der Waals surface area contributed by atoms with Gasteiger partial charge in [-0.15, -0.1) is 0 Å². The van der Waals surface area contributed by atoms with Crippen molar-refractivity contribution in [1.82, 2.24) is 4.57 Å². The molecule has 7 nitrogen and oxygen atoms in total. The summed E-state index contributed by atoms with van der Waals surface area (Å²) in [6.07, 6.45) is 2.98. The molecule has 0 aliphatic carbocycles. The summed E-state index contributed by atoms with van der Waals surface area (Å²) in [4.78, 5) is 23.7. The fourth-order valence-corrected chi connectivity index (χ4v) is 3.56. The third-order valence-corrected chi connectivity index (χ3v) is 4.99. The summed E-state index contributed by atoms with van der Waals surface area (Å²) in [5.74, 6) is -0.0168. The SMILES string of the molecule is CCOCCOc1cc2c(cc1OC)-c1cc(=O)c(C(=O)O)cn1[C@H](CC)C2. The predicted molar refractivity (Wildman–Crippen MR) is 105 cm³/mol. The average Bonchev–Trinajstić information content (AvgIpc) is 2.69. The molecular weight excluding hydrogens is 362 g/mol. The van der Waals surface area contributed by atoms with Crippen molar-refractivity contribution in [3.05, 3.63) is 45.7 Å². The maximum atomic E-state index is 12.3. The van der Waals surface area contributed by atoms with Crippen molar-refractivity contribution < 1.29 is 24.1 Å². The van der Waals surface area contributed by atoms with Crippen LogP contribution in [0.1, 0.15) is 42.2 Å². The van der Waals surface area contributed by atoms with Crippen molar-refractivity contribution in [3.63, 3.8) is 0 Å². The molecule has 7 heteroatoms. The van der Waals surface area contributed by atoms with Crippen molar-refractivity contribution in [2.24, 2.45) is 0 Å². The van der Waals surface area contributed by atoms with Gasteiger partial charge in [0.1, 0.15) is 12.2 Å². The van der Waals surface area contributed by atoms with Gasteiger partial charge in [0, 0.05) is 30.5 Å². The van der Waals surface area contributed by atoms with Gasteiger partial charge in [0.05, 0.1) is 19.4 Å². The van der Waals surface area contributed by atoms with Crippen LogP contribution in [0.25, 0.3) is 11.3 Å². The van der Waals surface area contributed by atoms with Crippen LogP contribution < -0.4 is 14.9 Å². The lowest BCUT2D eigenvalue weighted by atomic mass is 9.90. The average molecular weight is 387 g/mol. The summed E-state index contributed by atoms with van der Waals surface area (Å²) in [7, 11) is 1.56. The molecule has 1 aromatic heterocycles. The molecular formula is C21H25NO6. The molecule has 0 unspecified atom stereocenters. The van der Waals surface area contributed by atoms with Crippen LogP contribution in [0.2, 0.25) is 0 Å². The highest BCUT2D eigenvalue weighted by atomic mass is 16.5. The van der Waals surface area contributed by atoms with Gasteiger partial charge in [0.2, 0.25) is 0 Å². The van der Waals surface area contributed by atoms with E-state index in [4.69, 9.17) is 14.2 Å². The number of hydrogen-bond donors (Lipinski definition) is 1. The van der Waals surface area contributed by atoms with Gasteiger partial charge in [-0.2, -0.15) is 0 Å². The Balaban J connectivity index is 2.07. The van der Waals surface area contributed by atoms with E-state index in [2.05, 4.69) is 0 Å². The Morgan fingerprint density at radius 1 is 1.21 bits per heavy atom. The van der Waals surface area contributed by atoms with Crippen LogP contribution in [-0.4, -0.2) is 42.6 Å². The summed E-state index contributed by atoms with van der Waals surface area (Å²) in [6, 6.07) is 5.26. The first kappa shape index (κ1) is 19.9. The second-order valence-electron chi connectivity index (χ2n) is 6.62. The molecule has 1 aliphatic heterocycles. The quantitative estimate of drug-likeness (QED) is 0.700. The Labute approximate surface area is 163 Å². The number of carboxylic acids is 1. The van der Waals surface area contributed by atoms with Gasteiger partial charge < -0.3 is 23.9 Å². The summed E-state index contributed by atoms with van der Waals surface area (Å²) in [5, 5.41) is 9.30. The maximum Gasteiger partial charge on any atom is 0.341 e. The van der Waals surface area contributed by atoms with E-state index < -0.39 is 11.4 Å². The van der Waals surface area contributed by atoms with Crippen LogP contribution in [0, 0.1) is 0 Å². The number of carboxylic acid groups (broad SMARTS) is 1. The molecule has 1 atom stereocenters. The number of pyridine rings is 1. The lowest BCUT2D eigenvalue weighted by molar-refractivity contribution is 0.0694. The van der Waals surface area contributed by atoms with Crippen LogP contribution >= 0.6 is 0 Å². The standard InChI is InChI=1S/C21H25NO6/c1-4-14-8-13-9-20(28-7-6-27-5-2)19(26-3)10-15(13)17-11-18(23)16(21(24)25)12-22(14)17/h9-12,14H,4-8H2,1-3H3,(H,24,25)/t14-/m1/s1. The summed E-state index contributed by atoms with van der Waals surface area (Å²) >= 11 is 0. The molecule has 0 bridgehead atoms. The van der Waals surface area contributed by atoms with Crippen LogP contribution in [0.5, 0.6) is 11.5 Å². The van der Waals surface area contributed by atoms with Crippen LogP contribution in [0.15, 0.2) is 29.2 Å². The zero-order chi connectivity index (χ0) is 20.3. The zero-order valence-electron chi connectivity index (χ0n) is 16.4. The lowest BCUT2D eigenvalue weighted by Crippen LogP contribution is -2.25. The number of aromatic nitrogens is 1. The second-order valence-corrected chi connectivity index (χ2v) is 6.62. The lowest BCUT2D eigenvalue weighted by Gasteiger charge is -2.31. The Morgan fingerprint density at radius 3 is 2.64 bits per heavy atom. The van der Waals surface area contributed by atoms with Gasteiger partial charge in [-0.05, 0) is 37.5 Å². The minimum Gasteiger partial charge on any atom is -0.493 e. The van der Waals surface area contributed by atoms with E-state index in [-0.39, 0.29) is 11.6 Å². The van der Waals surface area contributed by atoms with Crippen LogP contribution in [0.3, 0.4) is 0 Å². The van der Waals surface area contributed by atoms with Gasteiger partial charge in [0.25, 0.3) is 0 Å². The molecule has 0 saturated heterocycles. The van der Waals surface area contributed by atoms with E-state index in [1.54, 1.807) is 7.11 Å². The second kappa shape index (κ2) is 8.48. The van der Waals surface area contributed by atoms with Crippen LogP contribution in [0.4, 0.5) is 0 Å². The van der Waals surface area contributed by atoms with Gasteiger partial charge in [-0.25, -0.2) is 4.79 Å². The van der Waals surface area contributed by atoms with Gasteiger partial charge in [0.15, 0.2) is 16.9 Å². The largest absolute Gasteiger partial charge is 0.493 e. The number of rotatable bonds is 8. The van der Waals surface area contributed by atoms with E-state index in [0.717, 1.165) is 17.5 Å². The number of carbonyl (C=O) groups is 1. The van der Waals surface area contributed by atoms with Gasteiger partial charge >= 0.3 is 5.97 Å². The molecule has 1 aliphatic rings. The third kappa shape index (κ3) is 3.75. The molecule has 3 rings (SSSR count). The Morgan fingerprint density at radius 2 is 2.00 bits per heavy atom.